The van der Waals surface area contributed by atoms with Crippen molar-refractivity contribution in [2.24, 2.45) is 0 Å². The molecule has 0 heterocycles. The van der Waals surface area contributed by atoms with Crippen LogP contribution in [0.3, 0.4) is 0 Å². The van der Waals surface area contributed by atoms with Gasteiger partial charge in [0.1, 0.15) is 0 Å². The van der Waals surface area contributed by atoms with Crippen LogP contribution in [0.5, 0.6) is 0 Å². The molecule has 0 fully saturated rings. The molecule has 0 N–H and O–H groups in total. The van der Waals surface area contributed by atoms with Gasteiger partial charge in [0.15, 0.2) is 0 Å². The van der Waals surface area contributed by atoms with Crippen LogP contribution < -0.4 is 0 Å². The average Bonchev–Trinajstić information content (AvgIpc) is 2.17. The summed E-state index contributed by atoms with van der Waals surface area (Å²) in [6, 6.07) is 7.80. The molecule has 0 atom stereocenters. The Kier molecular flexibility index (Phi) is 5.56. The van der Waals surface area contributed by atoms with Gasteiger partial charge in [-0.1, -0.05) is 17.7 Å². The summed E-state index contributed by atoms with van der Waals surface area (Å²) in [5, 5.41) is 0. The molecule has 0 aliphatic heterocycles. The van der Waals surface area contributed by atoms with Gasteiger partial charge >= 0.3 is 6.80 Å². The maximum Gasteiger partial charge on any atom is 0.393 e. The molecule has 0 radical (unpaired) electrons. The third kappa shape index (κ3) is 4.30. The summed E-state index contributed by atoms with van der Waals surface area (Å²) in [5.41, 5.74) is 1.13. The molecule has 1 aromatic rings. The van der Waals surface area contributed by atoms with E-state index in [1.54, 1.807) is 0 Å². The highest BCUT2D eigenvalue weighted by Gasteiger charge is 2.25. The van der Waals surface area contributed by atoms with Gasteiger partial charge in [0.25, 0.3) is 0 Å². The third-order valence-corrected chi connectivity index (χ3v) is 5.55. The summed E-state index contributed by atoms with van der Waals surface area (Å²) in [6.07, 6.45) is 0. The zero-order chi connectivity index (χ0) is 12.0. The molecule has 3 nitrogen and oxygen atoms in total. The lowest BCUT2D eigenvalue weighted by Crippen LogP contribution is -1.92. The highest BCUT2D eigenvalue weighted by molar-refractivity contribution is 8.55. The minimum absolute atomic E-state index is 0.385. The molecule has 0 bridgehead atoms. The first-order chi connectivity index (χ1) is 7.59. The smallest absolute Gasteiger partial charge is 0.301 e. The van der Waals surface area contributed by atoms with E-state index < -0.39 is 6.80 Å². The van der Waals surface area contributed by atoms with Crippen LogP contribution in [-0.2, 0) is 13.6 Å². The van der Waals surface area contributed by atoms with Crippen molar-refractivity contribution in [2.75, 3.05) is 13.2 Å². The minimum atomic E-state index is -3.04. The van der Waals surface area contributed by atoms with Gasteiger partial charge in [-0.15, -0.1) is 0 Å². The van der Waals surface area contributed by atoms with E-state index in [0.717, 1.165) is 10.5 Å². The van der Waals surface area contributed by atoms with Crippen molar-refractivity contribution < 1.29 is 13.6 Å². The summed E-state index contributed by atoms with van der Waals surface area (Å²) < 4.78 is 22.6. The number of hydrogen-bond acceptors (Lipinski definition) is 4. The maximum atomic E-state index is 12.2. The molecule has 1 aromatic carbocycles. The van der Waals surface area contributed by atoms with E-state index in [1.165, 1.54) is 11.4 Å². The summed E-state index contributed by atoms with van der Waals surface area (Å²) in [6.45, 7) is 3.34. The SMILES string of the molecule is CCOP(=O)(OCC)Sc1cccc(C)c1. The topological polar surface area (TPSA) is 35.5 Å². The molecular weight excluding hydrogens is 243 g/mol. The third-order valence-electron chi connectivity index (χ3n) is 1.78. The molecule has 90 valence electrons. The maximum absolute atomic E-state index is 12.2. The lowest BCUT2D eigenvalue weighted by Gasteiger charge is -2.15. The predicted molar refractivity (Wildman–Crippen MR) is 67.9 cm³/mol. The van der Waals surface area contributed by atoms with Crippen LogP contribution in [0.4, 0.5) is 0 Å². The second-order valence-corrected chi connectivity index (χ2v) is 7.14. The molecular formula is C11H17O3PS. The average molecular weight is 260 g/mol. The van der Waals surface area contributed by atoms with Gasteiger partial charge < -0.3 is 9.05 Å². The number of benzene rings is 1. The van der Waals surface area contributed by atoms with Crippen molar-refractivity contribution >= 4 is 18.2 Å². The van der Waals surface area contributed by atoms with Crippen molar-refractivity contribution in [3.05, 3.63) is 29.8 Å². The Morgan fingerprint density at radius 1 is 1.25 bits per heavy atom. The van der Waals surface area contributed by atoms with Crippen LogP contribution in [-0.4, -0.2) is 13.2 Å². The minimum Gasteiger partial charge on any atom is -0.301 e. The highest BCUT2D eigenvalue weighted by Crippen LogP contribution is 2.63. The standard InChI is InChI=1S/C11H17O3PS/c1-4-13-15(12,14-5-2)16-11-8-6-7-10(3)9-11/h6-9H,4-5H2,1-3H3. The van der Waals surface area contributed by atoms with E-state index in [1.807, 2.05) is 45.0 Å². The van der Waals surface area contributed by atoms with Crippen molar-refractivity contribution in [3.8, 4) is 0 Å². The van der Waals surface area contributed by atoms with E-state index in [2.05, 4.69) is 0 Å². The quantitative estimate of drug-likeness (QED) is 0.715. The predicted octanol–water partition coefficient (Wildman–Crippen LogP) is 4.27. The summed E-state index contributed by atoms with van der Waals surface area (Å²) in [4.78, 5) is 0.908. The fraction of sp³-hybridized carbons (Fsp3) is 0.455. The molecule has 16 heavy (non-hydrogen) atoms. The summed E-state index contributed by atoms with van der Waals surface area (Å²) >= 11 is 1.17. The summed E-state index contributed by atoms with van der Waals surface area (Å²) in [5.74, 6) is 0. The van der Waals surface area contributed by atoms with Crippen molar-refractivity contribution in [3.63, 3.8) is 0 Å². The number of rotatable bonds is 6. The fourth-order valence-corrected chi connectivity index (χ4v) is 4.72. The second kappa shape index (κ2) is 6.45. The first kappa shape index (κ1) is 13.8. The number of aryl methyl sites for hydroxylation is 1. The van der Waals surface area contributed by atoms with Gasteiger partial charge in [-0.05, 0) is 44.3 Å². The van der Waals surface area contributed by atoms with Crippen molar-refractivity contribution in [1.82, 2.24) is 0 Å². The normalized spacial score (nSPS) is 11.7. The van der Waals surface area contributed by atoms with Gasteiger partial charge in [-0.3, -0.25) is 0 Å². The first-order valence-electron chi connectivity index (χ1n) is 5.25. The van der Waals surface area contributed by atoms with Crippen molar-refractivity contribution in [2.45, 2.75) is 25.7 Å². The zero-order valence-electron chi connectivity index (χ0n) is 9.80. The largest absolute Gasteiger partial charge is 0.393 e. The molecule has 0 amide bonds. The van der Waals surface area contributed by atoms with E-state index in [0.29, 0.717) is 13.2 Å². The van der Waals surface area contributed by atoms with Crippen LogP contribution in [0, 0.1) is 6.92 Å². The second-order valence-electron chi connectivity index (χ2n) is 3.19. The van der Waals surface area contributed by atoms with E-state index >= 15 is 0 Å². The molecule has 0 spiro atoms. The first-order valence-corrected chi connectivity index (χ1v) is 8.21. The molecule has 0 unspecified atom stereocenters. The summed E-state index contributed by atoms with van der Waals surface area (Å²) in [7, 11) is 0. The number of hydrogen-bond donors (Lipinski definition) is 0. The van der Waals surface area contributed by atoms with E-state index in [-0.39, 0.29) is 0 Å². The lowest BCUT2D eigenvalue weighted by atomic mass is 10.2. The van der Waals surface area contributed by atoms with Crippen molar-refractivity contribution in [1.29, 1.82) is 0 Å². The van der Waals surface area contributed by atoms with Gasteiger partial charge in [0.2, 0.25) is 0 Å². The Morgan fingerprint density at radius 3 is 2.38 bits per heavy atom. The monoisotopic (exact) mass is 260 g/mol. The molecule has 0 saturated heterocycles. The molecule has 0 aliphatic carbocycles. The Balaban J connectivity index is 2.79. The molecule has 5 heteroatoms. The van der Waals surface area contributed by atoms with Crippen LogP contribution in [0.1, 0.15) is 19.4 Å². The molecule has 0 aromatic heterocycles. The zero-order valence-corrected chi connectivity index (χ0v) is 11.5. The van der Waals surface area contributed by atoms with Crippen LogP contribution in [0.25, 0.3) is 0 Å². The molecule has 1 rings (SSSR count). The van der Waals surface area contributed by atoms with Gasteiger partial charge in [0.05, 0.1) is 13.2 Å². The van der Waals surface area contributed by atoms with E-state index in [9.17, 15) is 4.57 Å². The Labute approximate surface area is 101 Å². The van der Waals surface area contributed by atoms with E-state index in [4.69, 9.17) is 9.05 Å². The van der Waals surface area contributed by atoms with Crippen LogP contribution >= 0.6 is 18.2 Å². The van der Waals surface area contributed by atoms with Crippen LogP contribution in [0.15, 0.2) is 29.2 Å². The van der Waals surface area contributed by atoms with Gasteiger partial charge in [-0.2, -0.15) is 0 Å². The lowest BCUT2D eigenvalue weighted by molar-refractivity contribution is 0.237. The molecule has 0 aliphatic rings. The van der Waals surface area contributed by atoms with Gasteiger partial charge in [-0.25, -0.2) is 4.57 Å². The fourth-order valence-electron chi connectivity index (χ4n) is 1.21. The molecule has 0 saturated carbocycles. The van der Waals surface area contributed by atoms with Gasteiger partial charge in [0, 0.05) is 4.90 Å². The Hall–Kier alpha value is -0.280. The van der Waals surface area contributed by atoms with Crippen LogP contribution in [0.2, 0.25) is 0 Å². The highest BCUT2D eigenvalue weighted by atomic mass is 32.7. The Morgan fingerprint density at radius 2 is 1.88 bits per heavy atom. The Bertz CT molecular complexity index is 371.